The fourth-order valence-electron chi connectivity index (χ4n) is 1.55. The summed E-state index contributed by atoms with van der Waals surface area (Å²) in [5.41, 5.74) is 0. The minimum Gasteiger partial charge on any atom is -0.481 e. The molecule has 0 rings (SSSR count). The van der Waals surface area contributed by atoms with Crippen molar-refractivity contribution in [2.24, 2.45) is 17.8 Å². The number of carbonyl (C=O) groups is 2. The van der Waals surface area contributed by atoms with Crippen molar-refractivity contribution in [2.45, 2.75) is 40.5 Å². The number of carboxylic acid groups (broad SMARTS) is 1. The summed E-state index contributed by atoms with van der Waals surface area (Å²) >= 11 is 0. The highest BCUT2D eigenvalue weighted by atomic mass is 16.4. The average Bonchev–Trinajstić information content (AvgIpc) is 1.99. The maximum Gasteiger partial charge on any atom is 0.304 e. The third kappa shape index (κ3) is 5.00. The van der Waals surface area contributed by atoms with Gasteiger partial charge in [-0.25, -0.2) is 0 Å². The molecule has 3 nitrogen and oxygen atoms in total. The zero-order chi connectivity index (χ0) is 11.3. The molecule has 0 aliphatic rings. The lowest BCUT2D eigenvalue weighted by Gasteiger charge is -2.17. The lowest BCUT2D eigenvalue weighted by atomic mass is 9.86. The molecule has 1 atom stereocenters. The van der Waals surface area contributed by atoms with Gasteiger partial charge in [-0.3, -0.25) is 9.59 Å². The predicted octanol–water partition coefficient (Wildman–Crippen LogP) is 2.35. The summed E-state index contributed by atoms with van der Waals surface area (Å²) in [6, 6.07) is 0. The van der Waals surface area contributed by atoms with E-state index in [0.29, 0.717) is 12.3 Å². The molecule has 0 aromatic rings. The Bertz CT molecular complexity index is 207. The Morgan fingerprint density at radius 3 is 1.93 bits per heavy atom. The minimum atomic E-state index is -0.885. The first-order chi connectivity index (χ1) is 6.34. The van der Waals surface area contributed by atoms with Crippen LogP contribution in [0.1, 0.15) is 40.5 Å². The number of carboxylic acids is 1. The van der Waals surface area contributed by atoms with Crippen LogP contribution in [0.3, 0.4) is 0 Å². The molecule has 0 heterocycles. The van der Waals surface area contributed by atoms with Gasteiger partial charge in [-0.05, 0) is 12.3 Å². The standard InChI is InChI=1S/C11H20O3/c1-7(2)5-9(6-10(12)13)11(14)8(3)4/h7-9H,5-6H2,1-4H3,(H,12,13). The van der Waals surface area contributed by atoms with E-state index in [-0.39, 0.29) is 24.0 Å². The monoisotopic (exact) mass is 200 g/mol. The second kappa shape index (κ2) is 5.78. The van der Waals surface area contributed by atoms with Crippen LogP contribution in [0.25, 0.3) is 0 Å². The second-order valence-electron chi connectivity index (χ2n) is 4.48. The first-order valence-electron chi connectivity index (χ1n) is 5.10. The van der Waals surface area contributed by atoms with Crippen molar-refractivity contribution in [3.05, 3.63) is 0 Å². The van der Waals surface area contributed by atoms with Crippen LogP contribution in [0, 0.1) is 17.8 Å². The van der Waals surface area contributed by atoms with Crippen molar-refractivity contribution >= 4 is 11.8 Å². The third-order valence-electron chi connectivity index (χ3n) is 2.15. The highest BCUT2D eigenvalue weighted by Crippen LogP contribution is 2.20. The molecular weight excluding hydrogens is 180 g/mol. The third-order valence-corrected chi connectivity index (χ3v) is 2.15. The van der Waals surface area contributed by atoms with Crippen LogP contribution in [-0.2, 0) is 9.59 Å². The van der Waals surface area contributed by atoms with E-state index in [2.05, 4.69) is 0 Å². The van der Waals surface area contributed by atoms with E-state index in [1.165, 1.54) is 0 Å². The molecule has 0 aliphatic heterocycles. The molecule has 0 saturated heterocycles. The maximum absolute atomic E-state index is 11.7. The number of ketones is 1. The smallest absolute Gasteiger partial charge is 0.304 e. The van der Waals surface area contributed by atoms with Gasteiger partial charge >= 0.3 is 5.97 Å². The number of hydrogen-bond acceptors (Lipinski definition) is 2. The molecule has 0 radical (unpaired) electrons. The second-order valence-corrected chi connectivity index (χ2v) is 4.48. The van der Waals surface area contributed by atoms with Crippen LogP contribution in [0.5, 0.6) is 0 Å². The first kappa shape index (κ1) is 13.1. The number of aliphatic carboxylic acids is 1. The van der Waals surface area contributed by atoms with E-state index in [9.17, 15) is 9.59 Å². The minimum absolute atomic E-state index is 0.0325. The van der Waals surface area contributed by atoms with Crippen molar-refractivity contribution in [3.63, 3.8) is 0 Å². The topological polar surface area (TPSA) is 54.4 Å². The summed E-state index contributed by atoms with van der Waals surface area (Å²) < 4.78 is 0. The van der Waals surface area contributed by atoms with Gasteiger partial charge in [0.1, 0.15) is 5.78 Å². The van der Waals surface area contributed by atoms with Crippen molar-refractivity contribution in [1.82, 2.24) is 0 Å². The molecule has 0 spiro atoms. The fraction of sp³-hybridized carbons (Fsp3) is 0.818. The van der Waals surface area contributed by atoms with Crippen LogP contribution in [0.4, 0.5) is 0 Å². The highest BCUT2D eigenvalue weighted by molar-refractivity contribution is 5.86. The Morgan fingerprint density at radius 1 is 1.14 bits per heavy atom. The SMILES string of the molecule is CC(C)CC(CC(=O)O)C(=O)C(C)C. The van der Waals surface area contributed by atoms with Gasteiger partial charge in [-0.15, -0.1) is 0 Å². The Hall–Kier alpha value is -0.860. The van der Waals surface area contributed by atoms with Crippen LogP contribution in [0.2, 0.25) is 0 Å². The molecule has 0 aliphatic carbocycles. The van der Waals surface area contributed by atoms with Gasteiger partial charge in [-0.2, -0.15) is 0 Å². The lowest BCUT2D eigenvalue weighted by molar-refractivity contribution is -0.141. The van der Waals surface area contributed by atoms with E-state index in [4.69, 9.17) is 5.11 Å². The van der Waals surface area contributed by atoms with Gasteiger partial charge in [0.2, 0.25) is 0 Å². The summed E-state index contributed by atoms with van der Waals surface area (Å²) in [5.74, 6) is -0.835. The number of rotatable bonds is 6. The summed E-state index contributed by atoms with van der Waals surface area (Å²) in [4.78, 5) is 22.2. The van der Waals surface area contributed by atoms with Crippen molar-refractivity contribution < 1.29 is 14.7 Å². The molecule has 0 bridgehead atoms. The molecule has 82 valence electrons. The van der Waals surface area contributed by atoms with Crippen molar-refractivity contribution in [1.29, 1.82) is 0 Å². The lowest BCUT2D eigenvalue weighted by Crippen LogP contribution is -2.24. The van der Waals surface area contributed by atoms with E-state index in [0.717, 1.165) is 0 Å². The molecule has 0 fully saturated rings. The molecule has 1 unspecified atom stereocenters. The molecule has 0 saturated carbocycles. The summed E-state index contributed by atoms with van der Waals surface area (Å²) in [7, 11) is 0. The number of hydrogen-bond donors (Lipinski definition) is 1. The normalized spacial score (nSPS) is 13.3. The van der Waals surface area contributed by atoms with Gasteiger partial charge < -0.3 is 5.11 Å². The Kier molecular flexibility index (Phi) is 5.43. The van der Waals surface area contributed by atoms with Crippen LogP contribution in [0.15, 0.2) is 0 Å². The van der Waals surface area contributed by atoms with E-state index >= 15 is 0 Å². The zero-order valence-corrected chi connectivity index (χ0v) is 9.41. The largest absolute Gasteiger partial charge is 0.481 e. The van der Waals surface area contributed by atoms with E-state index in [1.54, 1.807) is 0 Å². The molecule has 0 aromatic heterocycles. The Labute approximate surface area is 85.5 Å². The summed E-state index contributed by atoms with van der Waals surface area (Å²) in [6.07, 6.45) is 0.637. The Morgan fingerprint density at radius 2 is 1.64 bits per heavy atom. The molecule has 3 heteroatoms. The first-order valence-corrected chi connectivity index (χ1v) is 5.10. The van der Waals surface area contributed by atoms with Gasteiger partial charge in [0, 0.05) is 11.8 Å². The number of Topliss-reactive ketones (excluding diaryl/α,β-unsaturated/α-hetero) is 1. The molecule has 0 amide bonds. The number of carbonyl (C=O) groups excluding carboxylic acids is 1. The van der Waals surface area contributed by atoms with E-state index in [1.807, 2.05) is 27.7 Å². The van der Waals surface area contributed by atoms with Crippen molar-refractivity contribution in [2.75, 3.05) is 0 Å². The van der Waals surface area contributed by atoms with Crippen LogP contribution < -0.4 is 0 Å². The van der Waals surface area contributed by atoms with E-state index < -0.39 is 5.97 Å². The summed E-state index contributed by atoms with van der Waals surface area (Å²) in [6.45, 7) is 7.64. The van der Waals surface area contributed by atoms with Gasteiger partial charge in [0.05, 0.1) is 6.42 Å². The Balaban J connectivity index is 4.38. The van der Waals surface area contributed by atoms with Gasteiger partial charge in [-0.1, -0.05) is 27.7 Å². The molecular formula is C11H20O3. The average molecular weight is 200 g/mol. The maximum atomic E-state index is 11.7. The highest BCUT2D eigenvalue weighted by Gasteiger charge is 2.24. The van der Waals surface area contributed by atoms with Crippen LogP contribution >= 0.6 is 0 Å². The molecule has 0 aromatic carbocycles. The molecule has 14 heavy (non-hydrogen) atoms. The quantitative estimate of drug-likeness (QED) is 0.716. The molecule has 1 N–H and O–H groups in total. The van der Waals surface area contributed by atoms with Gasteiger partial charge in [0.25, 0.3) is 0 Å². The fourth-order valence-corrected chi connectivity index (χ4v) is 1.55. The van der Waals surface area contributed by atoms with Gasteiger partial charge in [0.15, 0.2) is 0 Å². The van der Waals surface area contributed by atoms with Crippen LogP contribution in [-0.4, -0.2) is 16.9 Å². The van der Waals surface area contributed by atoms with Crippen molar-refractivity contribution in [3.8, 4) is 0 Å². The predicted molar refractivity (Wildman–Crippen MR) is 55.0 cm³/mol. The zero-order valence-electron chi connectivity index (χ0n) is 9.41. The summed E-state index contributed by atoms with van der Waals surface area (Å²) in [5, 5.41) is 8.68.